The van der Waals surface area contributed by atoms with Crippen LogP contribution in [0.25, 0.3) is 11.6 Å². The monoisotopic (exact) mass is 201 g/mol. The Morgan fingerprint density at radius 2 is 1.87 bits per heavy atom. The van der Waals surface area contributed by atoms with Gasteiger partial charge in [-0.2, -0.15) is 0 Å². The van der Waals surface area contributed by atoms with Crippen molar-refractivity contribution in [2.24, 2.45) is 0 Å². The zero-order valence-corrected chi connectivity index (χ0v) is 9.83. The van der Waals surface area contributed by atoms with E-state index in [1.165, 1.54) is 11.1 Å². The molecule has 0 atom stereocenters. The largest absolute Gasteiger partial charge is 0.306 e. The predicted octanol–water partition coefficient (Wildman–Crippen LogP) is 3.29. The topological polar surface area (TPSA) is 3.24 Å². The van der Waals surface area contributed by atoms with Gasteiger partial charge in [-0.25, -0.2) is 0 Å². The molecule has 0 aliphatic rings. The Labute approximate surface area is 92.7 Å². The third-order valence-corrected chi connectivity index (χ3v) is 2.18. The molecule has 0 N–H and O–H groups in total. The molecular weight excluding hydrogens is 182 g/mol. The van der Waals surface area contributed by atoms with Crippen molar-refractivity contribution in [3.05, 3.63) is 48.0 Å². The second-order valence-corrected chi connectivity index (χ2v) is 4.07. The number of benzene rings is 1. The van der Waals surface area contributed by atoms with E-state index < -0.39 is 0 Å². The van der Waals surface area contributed by atoms with Crippen LogP contribution in [0.1, 0.15) is 18.1 Å². The molecule has 1 rings (SSSR count). The third kappa shape index (κ3) is 4.13. The first kappa shape index (κ1) is 11.7. The zero-order valence-electron chi connectivity index (χ0n) is 9.83. The number of nitrogens with zero attached hydrogens (tertiary/aromatic N) is 1. The molecule has 0 saturated carbocycles. The van der Waals surface area contributed by atoms with Crippen molar-refractivity contribution in [1.29, 1.82) is 0 Å². The Kier molecular flexibility index (Phi) is 4.32. The minimum atomic E-state index is 0.974. The van der Waals surface area contributed by atoms with Gasteiger partial charge in [-0.1, -0.05) is 48.6 Å². The summed E-state index contributed by atoms with van der Waals surface area (Å²) in [7, 11) is 4.13. The summed E-state index contributed by atoms with van der Waals surface area (Å²) in [6, 6.07) is 8.46. The lowest BCUT2D eigenvalue weighted by atomic mass is 10.1. The van der Waals surface area contributed by atoms with Crippen LogP contribution in [0.5, 0.6) is 0 Å². The lowest BCUT2D eigenvalue weighted by molar-refractivity contribution is 0.457. The molecule has 1 aromatic rings. The SMILES string of the molecule is C=C(C)c1ccc(C=CCN(C)C)cc1. The second-order valence-electron chi connectivity index (χ2n) is 4.07. The van der Waals surface area contributed by atoms with E-state index in [2.05, 4.69) is 62.0 Å². The number of allylic oxidation sites excluding steroid dienone is 1. The third-order valence-electron chi connectivity index (χ3n) is 2.18. The Bertz CT molecular complexity index is 344. The molecule has 0 spiro atoms. The first-order chi connectivity index (χ1) is 7.09. The van der Waals surface area contributed by atoms with Gasteiger partial charge in [0.1, 0.15) is 0 Å². The molecule has 0 amide bonds. The summed E-state index contributed by atoms with van der Waals surface area (Å²) in [6.07, 6.45) is 4.30. The van der Waals surface area contributed by atoms with E-state index in [4.69, 9.17) is 0 Å². The van der Waals surface area contributed by atoms with Gasteiger partial charge in [0.2, 0.25) is 0 Å². The fourth-order valence-corrected chi connectivity index (χ4v) is 1.28. The second kappa shape index (κ2) is 5.52. The number of rotatable bonds is 4. The zero-order chi connectivity index (χ0) is 11.3. The van der Waals surface area contributed by atoms with Crippen LogP contribution in [0.3, 0.4) is 0 Å². The molecule has 0 radical (unpaired) electrons. The Balaban J connectivity index is 2.64. The standard InChI is InChI=1S/C14H19N/c1-12(2)14-9-7-13(8-10-14)6-5-11-15(3)4/h5-10H,1,11H2,2-4H3. The fraction of sp³-hybridized carbons (Fsp3) is 0.286. The molecule has 0 fully saturated rings. The molecular formula is C14H19N. The first-order valence-corrected chi connectivity index (χ1v) is 5.17. The maximum atomic E-state index is 3.92. The summed E-state index contributed by atoms with van der Waals surface area (Å²) in [5.41, 5.74) is 3.56. The molecule has 1 nitrogen and oxygen atoms in total. The predicted molar refractivity (Wildman–Crippen MR) is 68.7 cm³/mol. The normalized spacial score (nSPS) is 11.2. The molecule has 1 aromatic carbocycles. The molecule has 0 unspecified atom stereocenters. The molecule has 0 aromatic heterocycles. The van der Waals surface area contributed by atoms with E-state index >= 15 is 0 Å². The molecule has 15 heavy (non-hydrogen) atoms. The van der Waals surface area contributed by atoms with Crippen molar-refractivity contribution in [2.45, 2.75) is 6.92 Å². The highest BCUT2D eigenvalue weighted by Crippen LogP contribution is 2.12. The summed E-state index contributed by atoms with van der Waals surface area (Å²) < 4.78 is 0. The molecule has 0 bridgehead atoms. The van der Waals surface area contributed by atoms with Crippen molar-refractivity contribution in [3.63, 3.8) is 0 Å². The molecule has 0 saturated heterocycles. The minimum absolute atomic E-state index is 0.974. The number of hydrogen-bond donors (Lipinski definition) is 0. The fourth-order valence-electron chi connectivity index (χ4n) is 1.28. The van der Waals surface area contributed by atoms with E-state index in [1.807, 2.05) is 6.92 Å². The lowest BCUT2D eigenvalue weighted by Gasteiger charge is -2.04. The van der Waals surface area contributed by atoms with Gasteiger partial charge in [0, 0.05) is 6.54 Å². The maximum absolute atomic E-state index is 3.92. The van der Waals surface area contributed by atoms with Crippen LogP contribution < -0.4 is 0 Å². The van der Waals surface area contributed by atoms with E-state index in [0.717, 1.165) is 12.1 Å². The average molecular weight is 201 g/mol. The quantitative estimate of drug-likeness (QED) is 0.722. The van der Waals surface area contributed by atoms with E-state index in [0.29, 0.717) is 0 Å². The van der Waals surface area contributed by atoms with Crippen molar-refractivity contribution in [2.75, 3.05) is 20.6 Å². The van der Waals surface area contributed by atoms with Crippen molar-refractivity contribution in [1.82, 2.24) is 4.90 Å². The van der Waals surface area contributed by atoms with E-state index in [9.17, 15) is 0 Å². The van der Waals surface area contributed by atoms with Gasteiger partial charge in [0.25, 0.3) is 0 Å². The molecule has 0 aliphatic carbocycles. The van der Waals surface area contributed by atoms with Crippen LogP contribution >= 0.6 is 0 Å². The minimum Gasteiger partial charge on any atom is -0.306 e. The summed E-state index contributed by atoms with van der Waals surface area (Å²) in [5, 5.41) is 0. The van der Waals surface area contributed by atoms with Gasteiger partial charge in [-0.05, 0) is 32.1 Å². The van der Waals surface area contributed by atoms with Crippen LogP contribution in [0.2, 0.25) is 0 Å². The van der Waals surface area contributed by atoms with Gasteiger partial charge in [0.05, 0.1) is 0 Å². The molecule has 0 heterocycles. The van der Waals surface area contributed by atoms with Crippen molar-refractivity contribution >= 4 is 11.6 Å². The van der Waals surface area contributed by atoms with Crippen molar-refractivity contribution in [3.8, 4) is 0 Å². The first-order valence-electron chi connectivity index (χ1n) is 5.17. The van der Waals surface area contributed by atoms with Crippen LogP contribution in [-0.4, -0.2) is 25.5 Å². The average Bonchev–Trinajstić information content (AvgIpc) is 2.18. The van der Waals surface area contributed by atoms with Gasteiger partial charge in [-0.15, -0.1) is 0 Å². The van der Waals surface area contributed by atoms with E-state index in [1.54, 1.807) is 0 Å². The number of hydrogen-bond acceptors (Lipinski definition) is 1. The van der Waals surface area contributed by atoms with Crippen LogP contribution in [0.15, 0.2) is 36.9 Å². The molecule has 80 valence electrons. The summed E-state index contributed by atoms with van der Waals surface area (Å²) >= 11 is 0. The Hall–Kier alpha value is -1.34. The van der Waals surface area contributed by atoms with Crippen LogP contribution in [-0.2, 0) is 0 Å². The van der Waals surface area contributed by atoms with E-state index in [-0.39, 0.29) is 0 Å². The van der Waals surface area contributed by atoms with Crippen LogP contribution in [0, 0.1) is 0 Å². The van der Waals surface area contributed by atoms with Gasteiger partial charge in [-0.3, -0.25) is 0 Å². The highest BCUT2D eigenvalue weighted by molar-refractivity contribution is 5.63. The number of likely N-dealkylation sites (N-methyl/N-ethyl adjacent to an activating group) is 1. The van der Waals surface area contributed by atoms with Gasteiger partial charge in [0.15, 0.2) is 0 Å². The molecule has 0 aliphatic heterocycles. The summed E-state index contributed by atoms with van der Waals surface area (Å²) in [4.78, 5) is 2.14. The lowest BCUT2D eigenvalue weighted by Crippen LogP contribution is -2.10. The Morgan fingerprint density at radius 1 is 1.27 bits per heavy atom. The Morgan fingerprint density at radius 3 is 2.33 bits per heavy atom. The highest BCUT2D eigenvalue weighted by atomic mass is 15.0. The summed E-state index contributed by atoms with van der Waals surface area (Å²) in [6.45, 7) is 6.91. The van der Waals surface area contributed by atoms with Gasteiger partial charge < -0.3 is 4.90 Å². The summed E-state index contributed by atoms with van der Waals surface area (Å²) in [5.74, 6) is 0. The smallest absolute Gasteiger partial charge is 0.0160 e. The highest BCUT2D eigenvalue weighted by Gasteiger charge is 1.92. The molecule has 1 heteroatoms. The van der Waals surface area contributed by atoms with Gasteiger partial charge >= 0.3 is 0 Å². The van der Waals surface area contributed by atoms with Crippen molar-refractivity contribution < 1.29 is 0 Å². The maximum Gasteiger partial charge on any atom is 0.0160 e. The van der Waals surface area contributed by atoms with Crippen LogP contribution in [0.4, 0.5) is 0 Å².